The van der Waals surface area contributed by atoms with E-state index < -0.39 is 0 Å². The predicted octanol–water partition coefficient (Wildman–Crippen LogP) is 1.19. The molecule has 148 valence electrons. The van der Waals surface area contributed by atoms with Crippen molar-refractivity contribution in [1.29, 1.82) is 0 Å². The predicted molar refractivity (Wildman–Crippen MR) is 102 cm³/mol. The molecule has 1 saturated heterocycles. The normalized spacial score (nSPS) is 17.4. The minimum absolute atomic E-state index is 0.0606. The second-order valence-electron chi connectivity index (χ2n) is 7.51. The molecule has 4 heterocycles. The molecular formula is C19H25N7O2. The van der Waals surface area contributed by atoms with Crippen molar-refractivity contribution in [3.8, 4) is 0 Å². The number of likely N-dealkylation sites (tertiary alicyclic amines) is 1. The van der Waals surface area contributed by atoms with E-state index in [0.717, 1.165) is 37.6 Å². The van der Waals surface area contributed by atoms with Crippen LogP contribution in [0.5, 0.6) is 0 Å². The average molecular weight is 383 g/mol. The molecule has 4 rings (SSSR count). The molecule has 2 aromatic rings. The van der Waals surface area contributed by atoms with Crippen LogP contribution in [0.25, 0.3) is 0 Å². The number of nitrogens with zero attached hydrogens (tertiary/aromatic N) is 7. The summed E-state index contributed by atoms with van der Waals surface area (Å²) in [5, 5.41) is 8.79. The smallest absolute Gasteiger partial charge is 0.319 e. The van der Waals surface area contributed by atoms with Gasteiger partial charge in [-0.1, -0.05) is 6.07 Å². The van der Waals surface area contributed by atoms with Crippen molar-refractivity contribution >= 4 is 11.9 Å². The van der Waals surface area contributed by atoms with Gasteiger partial charge in [0.05, 0.1) is 6.54 Å². The Labute approximate surface area is 164 Å². The van der Waals surface area contributed by atoms with Crippen molar-refractivity contribution in [2.24, 2.45) is 0 Å². The summed E-state index contributed by atoms with van der Waals surface area (Å²) in [4.78, 5) is 34.2. The average Bonchev–Trinajstić information content (AvgIpc) is 3.16. The summed E-state index contributed by atoms with van der Waals surface area (Å²) >= 11 is 0. The van der Waals surface area contributed by atoms with Crippen LogP contribution in [0.15, 0.2) is 24.4 Å². The number of amides is 3. The van der Waals surface area contributed by atoms with E-state index in [1.54, 1.807) is 42.2 Å². The number of piperidine rings is 1. The highest BCUT2D eigenvalue weighted by Crippen LogP contribution is 2.29. The summed E-state index contributed by atoms with van der Waals surface area (Å²) in [7, 11) is 3.56. The molecule has 0 radical (unpaired) electrons. The molecule has 2 aromatic heterocycles. The quantitative estimate of drug-likeness (QED) is 0.777. The molecular weight excluding hydrogens is 358 g/mol. The summed E-state index contributed by atoms with van der Waals surface area (Å²) in [6.07, 6.45) is 3.40. The number of aromatic nitrogens is 4. The molecule has 2 aliphatic rings. The van der Waals surface area contributed by atoms with E-state index in [9.17, 15) is 9.59 Å². The molecule has 0 spiro atoms. The Morgan fingerprint density at radius 2 is 1.82 bits per heavy atom. The number of carbonyl (C=O) groups excluding carboxylic acids is 2. The number of fused-ring (bicyclic) bond motifs is 1. The van der Waals surface area contributed by atoms with Crippen molar-refractivity contribution in [2.75, 3.05) is 33.7 Å². The van der Waals surface area contributed by atoms with Gasteiger partial charge in [-0.2, -0.15) is 0 Å². The topological polar surface area (TPSA) is 87.5 Å². The van der Waals surface area contributed by atoms with Crippen molar-refractivity contribution in [1.82, 2.24) is 34.4 Å². The molecule has 0 saturated carbocycles. The molecule has 9 heteroatoms. The van der Waals surface area contributed by atoms with Gasteiger partial charge in [-0.05, 0) is 25.0 Å². The first kappa shape index (κ1) is 18.4. The zero-order valence-electron chi connectivity index (χ0n) is 16.3. The Hall–Kier alpha value is -2.97. The number of rotatable bonds is 2. The van der Waals surface area contributed by atoms with Crippen molar-refractivity contribution in [3.63, 3.8) is 0 Å². The number of hydrogen-bond acceptors (Lipinski definition) is 5. The first-order chi connectivity index (χ1) is 13.5. The lowest BCUT2D eigenvalue weighted by Crippen LogP contribution is -2.44. The summed E-state index contributed by atoms with van der Waals surface area (Å²) in [6, 6.07) is 5.41. The fourth-order valence-electron chi connectivity index (χ4n) is 3.92. The minimum Gasteiger partial charge on any atom is -0.331 e. The van der Waals surface area contributed by atoms with Gasteiger partial charge in [-0.25, -0.2) is 4.79 Å². The third-order valence-electron chi connectivity index (χ3n) is 5.47. The van der Waals surface area contributed by atoms with Crippen molar-refractivity contribution in [2.45, 2.75) is 31.8 Å². The second kappa shape index (κ2) is 7.57. The molecule has 0 aliphatic carbocycles. The highest BCUT2D eigenvalue weighted by Gasteiger charge is 2.31. The third kappa shape index (κ3) is 3.44. The van der Waals surface area contributed by atoms with Gasteiger partial charge >= 0.3 is 6.03 Å². The molecule has 0 N–H and O–H groups in total. The van der Waals surface area contributed by atoms with Gasteiger partial charge in [0.1, 0.15) is 11.5 Å². The molecule has 28 heavy (non-hydrogen) atoms. The van der Waals surface area contributed by atoms with Gasteiger partial charge < -0.3 is 19.3 Å². The number of carbonyl (C=O) groups is 2. The van der Waals surface area contributed by atoms with Crippen LogP contribution in [-0.4, -0.2) is 80.1 Å². The van der Waals surface area contributed by atoms with Crippen LogP contribution in [-0.2, 0) is 13.1 Å². The molecule has 3 amide bonds. The van der Waals surface area contributed by atoms with E-state index in [2.05, 4.69) is 19.7 Å². The Balaban J connectivity index is 1.42. The van der Waals surface area contributed by atoms with Gasteiger partial charge in [0.25, 0.3) is 5.91 Å². The zero-order chi connectivity index (χ0) is 19.7. The molecule has 0 aromatic carbocycles. The maximum atomic E-state index is 12.6. The van der Waals surface area contributed by atoms with Crippen LogP contribution in [0.2, 0.25) is 0 Å². The Morgan fingerprint density at radius 3 is 2.50 bits per heavy atom. The van der Waals surface area contributed by atoms with E-state index in [4.69, 9.17) is 0 Å². The van der Waals surface area contributed by atoms with Gasteiger partial charge in [0.2, 0.25) is 0 Å². The maximum Gasteiger partial charge on any atom is 0.319 e. The van der Waals surface area contributed by atoms with E-state index in [0.29, 0.717) is 31.2 Å². The summed E-state index contributed by atoms with van der Waals surface area (Å²) in [6.45, 7) is 3.21. The Morgan fingerprint density at radius 1 is 1.04 bits per heavy atom. The van der Waals surface area contributed by atoms with Crippen molar-refractivity contribution < 1.29 is 9.59 Å². The first-order valence-electron chi connectivity index (χ1n) is 9.63. The van der Waals surface area contributed by atoms with E-state index >= 15 is 0 Å². The van der Waals surface area contributed by atoms with Gasteiger partial charge in [-0.15, -0.1) is 10.2 Å². The summed E-state index contributed by atoms with van der Waals surface area (Å²) in [5.41, 5.74) is 0.452. The fourth-order valence-corrected chi connectivity index (χ4v) is 3.92. The largest absolute Gasteiger partial charge is 0.331 e. The minimum atomic E-state index is -0.0769. The number of pyridine rings is 1. The standard InChI is InChI=1S/C19H25N7O2/c1-23(2)19(28)24-9-6-14(7-10-24)17-22-21-16-13-25(11-12-26(16)17)18(27)15-5-3-4-8-20-15/h3-5,8,14H,6-7,9-13H2,1-2H3. The van der Waals surface area contributed by atoms with E-state index in [-0.39, 0.29) is 11.9 Å². The van der Waals surface area contributed by atoms with Crippen LogP contribution in [0, 0.1) is 0 Å². The maximum absolute atomic E-state index is 12.6. The van der Waals surface area contributed by atoms with Gasteiger partial charge in [0.15, 0.2) is 5.82 Å². The Bertz CT molecular complexity index is 856. The van der Waals surface area contributed by atoms with Crippen LogP contribution < -0.4 is 0 Å². The summed E-state index contributed by atoms with van der Waals surface area (Å²) < 4.78 is 2.15. The van der Waals surface area contributed by atoms with Gasteiger partial charge in [-0.3, -0.25) is 9.78 Å². The monoisotopic (exact) mass is 383 g/mol. The molecule has 1 fully saturated rings. The molecule has 9 nitrogen and oxygen atoms in total. The number of urea groups is 1. The van der Waals surface area contributed by atoms with Crippen LogP contribution in [0.3, 0.4) is 0 Å². The highest BCUT2D eigenvalue weighted by molar-refractivity contribution is 5.92. The summed E-state index contributed by atoms with van der Waals surface area (Å²) in [5.74, 6) is 2.02. The van der Waals surface area contributed by atoms with E-state index in [1.165, 1.54) is 0 Å². The van der Waals surface area contributed by atoms with E-state index in [1.807, 2.05) is 11.0 Å². The van der Waals surface area contributed by atoms with Gasteiger partial charge in [0, 0.05) is 52.4 Å². The number of hydrogen-bond donors (Lipinski definition) is 0. The second-order valence-corrected chi connectivity index (χ2v) is 7.51. The lowest BCUT2D eigenvalue weighted by Gasteiger charge is -2.34. The Kier molecular flexibility index (Phi) is 4.97. The van der Waals surface area contributed by atoms with Crippen LogP contribution in [0.4, 0.5) is 4.79 Å². The molecule has 0 unspecified atom stereocenters. The molecule has 0 bridgehead atoms. The van der Waals surface area contributed by atoms with Crippen LogP contribution >= 0.6 is 0 Å². The third-order valence-corrected chi connectivity index (χ3v) is 5.47. The SMILES string of the molecule is CN(C)C(=O)N1CCC(c2nnc3n2CCN(C(=O)c2ccccn2)C3)CC1. The lowest BCUT2D eigenvalue weighted by atomic mass is 9.96. The fraction of sp³-hybridized carbons (Fsp3) is 0.526. The highest BCUT2D eigenvalue weighted by atomic mass is 16.2. The first-order valence-corrected chi connectivity index (χ1v) is 9.63. The molecule has 2 aliphatic heterocycles. The molecule has 0 atom stereocenters. The van der Waals surface area contributed by atoms with Crippen molar-refractivity contribution in [3.05, 3.63) is 41.7 Å². The lowest BCUT2D eigenvalue weighted by molar-refractivity contribution is 0.0699. The van der Waals surface area contributed by atoms with Crippen LogP contribution in [0.1, 0.15) is 40.9 Å². The zero-order valence-corrected chi connectivity index (χ0v) is 16.3.